The Kier molecular flexibility index (Phi) is 7.34. The van der Waals surface area contributed by atoms with Gasteiger partial charge in [0, 0.05) is 17.0 Å². The smallest absolute Gasteiger partial charge is 0.327 e. The Morgan fingerprint density at radius 3 is 2.46 bits per heavy atom. The van der Waals surface area contributed by atoms with Gasteiger partial charge in [0.25, 0.3) is 0 Å². The fourth-order valence-electron chi connectivity index (χ4n) is 3.43. The molecule has 1 atom stereocenters. The summed E-state index contributed by atoms with van der Waals surface area (Å²) < 4.78 is 4.70. The predicted molar refractivity (Wildman–Crippen MR) is 104 cm³/mol. The van der Waals surface area contributed by atoms with E-state index in [-0.39, 0.29) is 0 Å². The van der Waals surface area contributed by atoms with E-state index in [1.165, 1.54) is 4.90 Å². The van der Waals surface area contributed by atoms with E-state index in [1.807, 2.05) is 38.2 Å². The highest BCUT2D eigenvalue weighted by Gasteiger charge is 2.47. The quantitative estimate of drug-likeness (QED) is 0.663. The number of rotatable bonds is 9. The average Bonchev–Trinajstić information content (AvgIpc) is 2.66. The number of piperidine rings is 1. The molecular formula is C19H28N2O4S. The minimum atomic E-state index is -0.925. The van der Waals surface area contributed by atoms with Gasteiger partial charge in [-0.05, 0) is 57.6 Å². The first-order valence-electron chi connectivity index (χ1n) is 8.85. The van der Waals surface area contributed by atoms with Gasteiger partial charge in [-0.1, -0.05) is 12.1 Å². The Morgan fingerprint density at radius 1 is 1.38 bits per heavy atom. The van der Waals surface area contributed by atoms with Gasteiger partial charge in [-0.15, -0.1) is 11.8 Å². The molecule has 1 saturated heterocycles. The van der Waals surface area contributed by atoms with Crippen LogP contribution in [0.2, 0.25) is 0 Å². The van der Waals surface area contributed by atoms with Crippen LogP contribution in [-0.2, 0) is 15.3 Å². The Balaban J connectivity index is 2.25. The molecule has 2 rings (SSSR count). The van der Waals surface area contributed by atoms with Gasteiger partial charge in [0.2, 0.25) is 6.41 Å². The van der Waals surface area contributed by atoms with Crippen molar-refractivity contribution in [2.75, 3.05) is 33.8 Å². The standard InChI is InChI=1S/C19H28N2O4S/c1-4-21(14-22)17(18(23)24)19(9-11-20(2)12-10-19)26-13-15-5-7-16(25-3)8-6-15/h5-8,14,17H,4,9-13H2,1-3H3,(H,23,24)/t17-/m1/s1. The second-order valence-corrected chi connectivity index (χ2v) is 8.07. The number of methoxy groups -OCH3 is 1. The van der Waals surface area contributed by atoms with Gasteiger partial charge >= 0.3 is 5.97 Å². The monoisotopic (exact) mass is 380 g/mol. The molecule has 7 heteroatoms. The molecular weight excluding hydrogens is 352 g/mol. The van der Waals surface area contributed by atoms with Crippen molar-refractivity contribution < 1.29 is 19.4 Å². The minimum Gasteiger partial charge on any atom is -0.497 e. The zero-order valence-corrected chi connectivity index (χ0v) is 16.5. The number of carbonyl (C=O) groups excluding carboxylic acids is 1. The molecule has 0 radical (unpaired) electrons. The second-order valence-electron chi connectivity index (χ2n) is 6.68. The number of carboxylic acid groups (broad SMARTS) is 1. The molecule has 0 spiro atoms. The molecule has 1 aromatic rings. The Bertz CT molecular complexity index is 600. The summed E-state index contributed by atoms with van der Waals surface area (Å²) in [5.41, 5.74) is 1.12. The third-order valence-electron chi connectivity index (χ3n) is 5.08. The Labute approximate surface area is 159 Å². The van der Waals surface area contributed by atoms with Crippen LogP contribution in [0.5, 0.6) is 5.75 Å². The van der Waals surface area contributed by atoms with E-state index in [0.29, 0.717) is 18.7 Å². The topological polar surface area (TPSA) is 70.1 Å². The van der Waals surface area contributed by atoms with E-state index in [0.717, 1.165) is 37.2 Å². The number of carboxylic acids is 1. The average molecular weight is 381 g/mol. The number of ether oxygens (including phenoxy) is 1. The molecule has 6 nitrogen and oxygen atoms in total. The lowest BCUT2D eigenvalue weighted by molar-refractivity contribution is -0.148. The van der Waals surface area contributed by atoms with Crippen LogP contribution in [0.25, 0.3) is 0 Å². The maximum absolute atomic E-state index is 12.1. The van der Waals surface area contributed by atoms with Crippen LogP contribution in [0.1, 0.15) is 25.3 Å². The van der Waals surface area contributed by atoms with E-state index in [1.54, 1.807) is 18.9 Å². The zero-order valence-electron chi connectivity index (χ0n) is 15.7. The summed E-state index contributed by atoms with van der Waals surface area (Å²) in [5, 5.41) is 9.91. The van der Waals surface area contributed by atoms with Crippen molar-refractivity contribution in [3.8, 4) is 5.75 Å². The summed E-state index contributed by atoms with van der Waals surface area (Å²) in [4.78, 5) is 27.2. The first-order chi connectivity index (χ1) is 12.5. The lowest BCUT2D eigenvalue weighted by Gasteiger charge is -2.46. The minimum absolute atomic E-state index is 0.390. The normalized spacial score (nSPS) is 18.1. The molecule has 1 aromatic carbocycles. The van der Waals surface area contributed by atoms with Gasteiger partial charge in [0.15, 0.2) is 0 Å². The van der Waals surface area contributed by atoms with Gasteiger partial charge in [-0.3, -0.25) is 4.79 Å². The number of hydrogen-bond acceptors (Lipinski definition) is 5. The fraction of sp³-hybridized carbons (Fsp3) is 0.579. The molecule has 1 amide bonds. The van der Waals surface area contributed by atoms with Crippen LogP contribution >= 0.6 is 11.8 Å². The second kappa shape index (κ2) is 9.28. The van der Waals surface area contributed by atoms with Crippen molar-refractivity contribution in [1.82, 2.24) is 9.80 Å². The third-order valence-corrected chi connectivity index (χ3v) is 6.77. The van der Waals surface area contributed by atoms with Crippen LogP contribution in [0, 0.1) is 0 Å². The number of likely N-dealkylation sites (N-methyl/N-ethyl adjacent to an activating group) is 1. The Hall–Kier alpha value is -1.73. The third kappa shape index (κ3) is 4.71. The maximum Gasteiger partial charge on any atom is 0.327 e. The van der Waals surface area contributed by atoms with Gasteiger partial charge < -0.3 is 19.6 Å². The SMILES string of the molecule is CCN(C=O)[C@H](C(=O)O)C1(SCc2ccc(OC)cc2)CCN(C)CC1. The van der Waals surface area contributed by atoms with Crippen molar-refractivity contribution in [2.45, 2.75) is 36.3 Å². The van der Waals surface area contributed by atoms with Crippen molar-refractivity contribution in [1.29, 1.82) is 0 Å². The maximum atomic E-state index is 12.1. The van der Waals surface area contributed by atoms with E-state index < -0.39 is 16.8 Å². The summed E-state index contributed by atoms with van der Waals surface area (Å²) >= 11 is 1.66. The Morgan fingerprint density at radius 2 is 2.00 bits per heavy atom. The van der Waals surface area contributed by atoms with Gasteiger partial charge in [0.1, 0.15) is 11.8 Å². The first kappa shape index (κ1) is 20.6. The molecule has 144 valence electrons. The van der Waals surface area contributed by atoms with Crippen LogP contribution in [0.15, 0.2) is 24.3 Å². The van der Waals surface area contributed by atoms with E-state index in [4.69, 9.17) is 4.74 Å². The van der Waals surface area contributed by atoms with Crippen LogP contribution < -0.4 is 4.74 Å². The molecule has 0 saturated carbocycles. The molecule has 1 aliphatic rings. The molecule has 0 bridgehead atoms. The number of thioether (sulfide) groups is 1. The molecule has 1 heterocycles. The van der Waals surface area contributed by atoms with Gasteiger partial charge in [0.05, 0.1) is 7.11 Å². The lowest BCUT2D eigenvalue weighted by Crippen LogP contribution is -2.58. The molecule has 0 aliphatic carbocycles. The van der Waals surface area contributed by atoms with Crippen LogP contribution in [0.3, 0.4) is 0 Å². The van der Waals surface area contributed by atoms with Crippen molar-refractivity contribution in [3.63, 3.8) is 0 Å². The van der Waals surface area contributed by atoms with Crippen molar-refractivity contribution in [2.24, 2.45) is 0 Å². The van der Waals surface area contributed by atoms with Gasteiger partial charge in [-0.2, -0.15) is 0 Å². The zero-order chi connectivity index (χ0) is 19.2. The molecule has 1 aliphatic heterocycles. The summed E-state index contributed by atoms with van der Waals surface area (Å²) in [6.45, 7) is 3.87. The molecule has 1 N–H and O–H groups in total. The summed E-state index contributed by atoms with van der Waals surface area (Å²) in [6.07, 6.45) is 2.16. The lowest BCUT2D eigenvalue weighted by atomic mass is 9.87. The largest absolute Gasteiger partial charge is 0.497 e. The number of aliphatic carboxylic acids is 1. The number of likely N-dealkylation sites (tertiary alicyclic amines) is 1. The van der Waals surface area contributed by atoms with E-state index in [2.05, 4.69) is 4.90 Å². The number of nitrogens with zero attached hydrogens (tertiary/aromatic N) is 2. The highest BCUT2D eigenvalue weighted by Crippen LogP contribution is 2.42. The highest BCUT2D eigenvalue weighted by molar-refractivity contribution is 8.00. The number of hydrogen-bond donors (Lipinski definition) is 1. The van der Waals surface area contributed by atoms with Gasteiger partial charge in [-0.25, -0.2) is 4.79 Å². The summed E-state index contributed by atoms with van der Waals surface area (Å²) in [5.74, 6) is 0.577. The molecule has 26 heavy (non-hydrogen) atoms. The first-order valence-corrected chi connectivity index (χ1v) is 9.83. The number of benzene rings is 1. The predicted octanol–water partition coefficient (Wildman–Crippen LogP) is 2.32. The molecule has 0 aromatic heterocycles. The van der Waals surface area contributed by atoms with E-state index >= 15 is 0 Å². The van der Waals surface area contributed by atoms with Crippen molar-refractivity contribution in [3.05, 3.63) is 29.8 Å². The number of carbonyl (C=O) groups is 2. The highest BCUT2D eigenvalue weighted by atomic mass is 32.2. The van der Waals surface area contributed by atoms with Crippen LogP contribution in [-0.4, -0.2) is 71.9 Å². The number of amides is 1. The van der Waals surface area contributed by atoms with E-state index in [9.17, 15) is 14.7 Å². The molecule has 0 unspecified atom stereocenters. The van der Waals surface area contributed by atoms with Crippen LogP contribution in [0.4, 0.5) is 0 Å². The molecule has 1 fully saturated rings. The summed E-state index contributed by atoms with van der Waals surface area (Å²) in [7, 11) is 3.68. The fourth-order valence-corrected chi connectivity index (χ4v) is 4.94. The van der Waals surface area contributed by atoms with Crippen molar-refractivity contribution >= 4 is 24.1 Å². The summed E-state index contributed by atoms with van der Waals surface area (Å²) in [6, 6.07) is 7.01.